The predicted octanol–water partition coefficient (Wildman–Crippen LogP) is 3.03. The molecule has 0 bridgehead atoms. The van der Waals surface area contributed by atoms with Crippen molar-refractivity contribution < 1.29 is 30.6 Å². The van der Waals surface area contributed by atoms with Crippen LogP contribution >= 0.6 is 23.2 Å². The van der Waals surface area contributed by atoms with Crippen LogP contribution in [0.1, 0.15) is 10.4 Å². The molecule has 10 heteroatoms. The molecule has 0 fully saturated rings. The summed E-state index contributed by atoms with van der Waals surface area (Å²) in [6.45, 7) is 0. The van der Waals surface area contributed by atoms with Gasteiger partial charge in [-0.25, -0.2) is 0 Å². The Morgan fingerprint density at radius 2 is 1.61 bits per heavy atom. The molecule has 0 saturated carbocycles. The molecule has 1 aromatic carbocycles. The van der Waals surface area contributed by atoms with Gasteiger partial charge in [-0.3, -0.25) is 4.79 Å². The van der Waals surface area contributed by atoms with Gasteiger partial charge in [0.1, 0.15) is 5.75 Å². The largest absolute Gasteiger partial charge is 0.534 e. The summed E-state index contributed by atoms with van der Waals surface area (Å²) < 4.78 is 61.3. The van der Waals surface area contributed by atoms with E-state index in [4.69, 9.17) is 23.2 Å². The third kappa shape index (κ3) is 3.06. The number of rotatable bonds is 3. The molecule has 18 heavy (non-hydrogen) atoms. The minimum atomic E-state index is -5.81. The highest BCUT2D eigenvalue weighted by atomic mass is 35.5. The van der Waals surface area contributed by atoms with Crippen molar-refractivity contribution in [2.75, 3.05) is 0 Å². The summed E-state index contributed by atoms with van der Waals surface area (Å²) in [5.74, 6) is -0.743. The Morgan fingerprint density at radius 1 is 1.17 bits per heavy atom. The number of carbonyl (C=O) groups excluding carboxylic acids is 1. The second kappa shape index (κ2) is 4.94. The van der Waals surface area contributed by atoms with Crippen molar-refractivity contribution in [1.29, 1.82) is 0 Å². The van der Waals surface area contributed by atoms with Gasteiger partial charge in [0.2, 0.25) is 0 Å². The van der Waals surface area contributed by atoms with Gasteiger partial charge in [0.15, 0.2) is 6.29 Å². The van der Waals surface area contributed by atoms with Gasteiger partial charge >= 0.3 is 15.6 Å². The molecular formula is C8H3Cl2F3O4S. The minimum Gasteiger partial charge on any atom is -0.376 e. The first-order valence-corrected chi connectivity index (χ1v) is 6.20. The molecule has 0 unspecified atom stereocenters. The average molecular weight is 323 g/mol. The fraction of sp³-hybridized carbons (Fsp3) is 0.125. The highest BCUT2D eigenvalue weighted by Gasteiger charge is 2.48. The summed E-state index contributed by atoms with van der Waals surface area (Å²) in [6, 6.07) is 1.47. The van der Waals surface area contributed by atoms with Crippen molar-refractivity contribution in [3.8, 4) is 5.75 Å². The van der Waals surface area contributed by atoms with Crippen LogP contribution in [0.5, 0.6) is 5.75 Å². The van der Waals surface area contributed by atoms with Gasteiger partial charge in [0.25, 0.3) is 0 Å². The third-order valence-electron chi connectivity index (χ3n) is 1.66. The van der Waals surface area contributed by atoms with E-state index in [9.17, 15) is 26.4 Å². The SMILES string of the molecule is O=Cc1c(Cl)cc(OS(=O)(=O)C(F)(F)F)cc1Cl. The van der Waals surface area contributed by atoms with Crippen LogP contribution in [0.2, 0.25) is 10.0 Å². The minimum absolute atomic E-state index is 0.185. The van der Waals surface area contributed by atoms with Crippen LogP contribution in [-0.2, 0) is 10.1 Å². The Morgan fingerprint density at radius 3 is 1.94 bits per heavy atom. The van der Waals surface area contributed by atoms with Gasteiger partial charge < -0.3 is 4.18 Å². The number of carbonyl (C=O) groups is 1. The van der Waals surface area contributed by atoms with Crippen LogP contribution in [0.25, 0.3) is 0 Å². The number of hydrogen-bond donors (Lipinski definition) is 0. The van der Waals surface area contributed by atoms with Gasteiger partial charge in [-0.15, -0.1) is 0 Å². The second-order valence-electron chi connectivity index (χ2n) is 2.90. The molecule has 0 heterocycles. The molecule has 0 aliphatic heterocycles. The summed E-state index contributed by atoms with van der Waals surface area (Å²) in [5, 5.41) is -0.658. The first kappa shape index (κ1) is 15.1. The van der Waals surface area contributed by atoms with Crippen molar-refractivity contribution in [3.63, 3.8) is 0 Å². The molecular weight excluding hydrogens is 320 g/mol. The number of hydrogen-bond acceptors (Lipinski definition) is 4. The number of alkyl halides is 3. The van der Waals surface area contributed by atoms with E-state index in [2.05, 4.69) is 4.18 Å². The fourth-order valence-electron chi connectivity index (χ4n) is 0.896. The second-order valence-corrected chi connectivity index (χ2v) is 5.25. The van der Waals surface area contributed by atoms with E-state index in [-0.39, 0.29) is 21.9 Å². The maximum Gasteiger partial charge on any atom is 0.534 e. The maximum atomic E-state index is 12.0. The molecule has 1 rings (SSSR count). The zero-order valence-corrected chi connectivity index (χ0v) is 10.5. The number of aldehydes is 1. The smallest absolute Gasteiger partial charge is 0.376 e. The Balaban J connectivity index is 3.20. The lowest BCUT2D eigenvalue weighted by Gasteiger charge is -2.10. The lowest BCUT2D eigenvalue weighted by atomic mass is 10.2. The zero-order valence-electron chi connectivity index (χ0n) is 8.16. The summed E-state index contributed by atoms with van der Waals surface area (Å²) in [5.41, 5.74) is -5.76. The quantitative estimate of drug-likeness (QED) is 0.487. The fourth-order valence-corrected chi connectivity index (χ4v) is 1.90. The van der Waals surface area contributed by atoms with Crippen LogP contribution in [0.15, 0.2) is 12.1 Å². The van der Waals surface area contributed by atoms with Crippen molar-refractivity contribution in [2.45, 2.75) is 5.51 Å². The zero-order chi connectivity index (χ0) is 14.1. The van der Waals surface area contributed by atoms with E-state index < -0.39 is 21.4 Å². The molecule has 4 nitrogen and oxygen atoms in total. The highest BCUT2D eigenvalue weighted by molar-refractivity contribution is 7.88. The van der Waals surface area contributed by atoms with E-state index in [0.717, 1.165) is 12.1 Å². The van der Waals surface area contributed by atoms with Crippen LogP contribution in [0.4, 0.5) is 13.2 Å². The topological polar surface area (TPSA) is 60.4 Å². The lowest BCUT2D eigenvalue weighted by Crippen LogP contribution is -2.28. The molecule has 0 aliphatic rings. The average Bonchev–Trinajstić information content (AvgIpc) is 2.14. The molecule has 0 spiro atoms. The molecule has 1 aromatic rings. The maximum absolute atomic E-state index is 12.0. The van der Waals surface area contributed by atoms with Gasteiger partial charge in [0.05, 0.1) is 15.6 Å². The summed E-state index contributed by atoms with van der Waals surface area (Å²) >= 11 is 11.0. The normalized spacial score (nSPS) is 12.3. The molecule has 0 saturated heterocycles. The lowest BCUT2D eigenvalue weighted by molar-refractivity contribution is -0.0500. The molecule has 0 amide bonds. The predicted molar refractivity (Wildman–Crippen MR) is 57.5 cm³/mol. The van der Waals surface area contributed by atoms with Crippen molar-refractivity contribution >= 4 is 39.6 Å². The van der Waals surface area contributed by atoms with Gasteiger partial charge in [-0.05, 0) is 0 Å². The monoisotopic (exact) mass is 322 g/mol. The highest BCUT2D eigenvalue weighted by Crippen LogP contribution is 2.32. The van der Waals surface area contributed by atoms with E-state index in [1.54, 1.807) is 0 Å². The van der Waals surface area contributed by atoms with E-state index >= 15 is 0 Å². The Kier molecular flexibility index (Phi) is 4.14. The van der Waals surface area contributed by atoms with Gasteiger partial charge in [0, 0.05) is 12.1 Å². The number of halogens is 5. The van der Waals surface area contributed by atoms with Gasteiger partial charge in [-0.2, -0.15) is 21.6 Å². The van der Waals surface area contributed by atoms with E-state index in [1.807, 2.05) is 0 Å². The summed E-state index contributed by atoms with van der Waals surface area (Å²) in [6.07, 6.45) is 0.271. The van der Waals surface area contributed by atoms with Crippen LogP contribution in [0.3, 0.4) is 0 Å². The molecule has 0 N–H and O–H groups in total. The van der Waals surface area contributed by atoms with Crippen molar-refractivity contribution in [1.82, 2.24) is 0 Å². The molecule has 0 atom stereocenters. The van der Waals surface area contributed by atoms with Crippen molar-refractivity contribution in [3.05, 3.63) is 27.7 Å². The first-order valence-electron chi connectivity index (χ1n) is 4.03. The molecule has 0 radical (unpaired) electrons. The van der Waals surface area contributed by atoms with E-state index in [1.165, 1.54) is 0 Å². The Labute approximate surface area is 109 Å². The van der Waals surface area contributed by atoms with Gasteiger partial charge in [-0.1, -0.05) is 23.2 Å². The molecule has 0 aromatic heterocycles. The summed E-state index contributed by atoms with van der Waals surface area (Å²) in [7, 11) is -5.81. The van der Waals surface area contributed by atoms with Crippen LogP contribution in [0, 0.1) is 0 Å². The van der Waals surface area contributed by atoms with Crippen LogP contribution < -0.4 is 4.18 Å². The Hall–Kier alpha value is -0.990. The molecule has 0 aliphatic carbocycles. The first-order chi connectivity index (χ1) is 8.08. The van der Waals surface area contributed by atoms with Crippen molar-refractivity contribution in [2.24, 2.45) is 0 Å². The van der Waals surface area contributed by atoms with Crippen LogP contribution in [-0.4, -0.2) is 20.2 Å². The third-order valence-corrected chi connectivity index (χ3v) is 3.26. The Bertz CT molecular complexity index is 559. The summed E-state index contributed by atoms with van der Waals surface area (Å²) in [4.78, 5) is 10.5. The standard InChI is InChI=1S/C8H3Cl2F3O4S/c9-6-1-4(2-7(10)5(6)3-14)17-18(15,16)8(11,12)13/h1-3H. The number of benzene rings is 1. The van der Waals surface area contributed by atoms with E-state index in [0.29, 0.717) is 0 Å². The molecule has 100 valence electrons.